The molecule has 15 N–H and O–H groups in total. The molecule has 32 heteroatoms. The van der Waals surface area contributed by atoms with Gasteiger partial charge in [0.05, 0.1) is 109 Å². The van der Waals surface area contributed by atoms with Gasteiger partial charge in [-0.15, -0.1) is 6.42 Å². The van der Waals surface area contributed by atoms with Gasteiger partial charge < -0.3 is 93.7 Å². The number of carbonyl (C=O) groups excluding carboxylic acids is 1. The molecule has 5 saturated heterocycles. The summed E-state index contributed by atoms with van der Waals surface area (Å²) < 4.78 is 15.3. The molecule has 0 atom stereocenters. The van der Waals surface area contributed by atoms with Gasteiger partial charge >= 0.3 is 5.97 Å². The zero-order chi connectivity index (χ0) is 99.3. The highest BCUT2D eigenvalue weighted by Crippen LogP contribution is 2.21. The maximum absolute atomic E-state index is 10.9. The number of carboxylic acid groups (broad SMARTS) is 1. The minimum absolute atomic E-state index is 0.0196. The molecule has 0 saturated carbocycles. The number of terminal acetylenes is 1. The van der Waals surface area contributed by atoms with Crippen LogP contribution >= 0.6 is 0 Å². The van der Waals surface area contributed by atoms with Crippen molar-refractivity contribution in [3.05, 3.63) is 24.2 Å². The monoisotopic (exact) mass is 1790 g/mol. The number of aliphatic carboxylic acids is 1. The SMILES string of the molecule is C#CCN(C)C(=N)C(C)C.CC(C)C(=N)N(C)CCN(C)C.CC(C)C(=N)N(C)Cc1ccco1.CC(C)C(=N)N1CCC(C(=O)O)CC1.CC(C)C(=N)N1CCC(C(N)=O)CC1.CC(C)C(=N)N1CCN(C)CC1.CC(C)C(=N)N1CCNCC1.CC(C)C(=N)N1CCOCC1.CCCN(C)C(=N)C(C)C.CCN(C)C(=N)C(C)C.COCCN(C)C(=N)C(C)C. The predicted octanol–water partition coefficient (Wildman–Crippen LogP) is 14.0. The molecule has 1 amide bonds. The number of piperazine rings is 2. The average Bonchev–Trinajstić information content (AvgIpc) is 1.57. The quantitative estimate of drug-likeness (QED) is 0.0246. The Balaban J connectivity index is -0.000000431. The van der Waals surface area contributed by atoms with Crippen molar-refractivity contribution < 1.29 is 28.6 Å². The van der Waals surface area contributed by atoms with Crippen LogP contribution in [-0.2, 0) is 25.6 Å². The van der Waals surface area contributed by atoms with E-state index >= 15 is 0 Å². The molecule has 127 heavy (non-hydrogen) atoms. The van der Waals surface area contributed by atoms with Crippen molar-refractivity contribution in [2.45, 2.75) is 205 Å². The number of likely N-dealkylation sites (tertiary alicyclic amines) is 2. The van der Waals surface area contributed by atoms with E-state index in [4.69, 9.17) is 90.7 Å². The Bertz CT molecular complexity index is 3140. The van der Waals surface area contributed by atoms with Crippen molar-refractivity contribution in [3.8, 4) is 12.3 Å². The molecule has 0 spiro atoms. The largest absolute Gasteiger partial charge is 0.481 e. The Morgan fingerprint density at radius 2 is 0.780 bits per heavy atom. The third kappa shape index (κ3) is 60.3. The number of hydrogen-bond acceptors (Lipinski definition) is 19. The first-order chi connectivity index (χ1) is 59.0. The summed E-state index contributed by atoms with van der Waals surface area (Å²) in [5.41, 5.74) is 5.24. The van der Waals surface area contributed by atoms with E-state index in [-0.39, 0.29) is 41.4 Å². The number of nitrogens with one attached hydrogen (secondary N) is 12. The maximum Gasteiger partial charge on any atom is 0.306 e. The smallest absolute Gasteiger partial charge is 0.306 e. The lowest BCUT2D eigenvalue weighted by Crippen LogP contribution is -2.48. The molecule has 6 rings (SSSR count). The number of nitrogens with zero attached hydrogens (tertiary/aromatic N) is 13. The summed E-state index contributed by atoms with van der Waals surface area (Å²) in [4.78, 5) is 48.0. The van der Waals surface area contributed by atoms with Gasteiger partial charge in [-0.2, -0.15) is 0 Å². The molecule has 5 aliphatic heterocycles. The number of carbonyl (C=O) groups is 2. The zero-order valence-corrected chi connectivity index (χ0v) is 86.7. The van der Waals surface area contributed by atoms with Crippen molar-refractivity contribution in [1.82, 2.24) is 69.0 Å². The lowest BCUT2D eigenvalue weighted by atomic mass is 9.95. The van der Waals surface area contributed by atoms with Crippen LogP contribution in [0.2, 0.25) is 0 Å². The van der Waals surface area contributed by atoms with Gasteiger partial charge in [0.15, 0.2) is 0 Å². The second-order valence-electron chi connectivity index (χ2n) is 36.9. The minimum atomic E-state index is -0.694. The molecule has 0 radical (unpaired) electrons. The van der Waals surface area contributed by atoms with Gasteiger partial charge in [-0.1, -0.05) is 165 Å². The van der Waals surface area contributed by atoms with E-state index in [9.17, 15) is 9.59 Å². The number of amidine groups is 11. The van der Waals surface area contributed by atoms with Gasteiger partial charge in [0, 0.05) is 245 Å². The molecule has 5 fully saturated rings. The van der Waals surface area contributed by atoms with Gasteiger partial charge in [-0.3, -0.25) is 69.1 Å². The number of amides is 1. The minimum Gasteiger partial charge on any atom is -0.481 e. The van der Waals surface area contributed by atoms with Crippen LogP contribution in [-0.4, -0.2) is 366 Å². The topological polar surface area (TPSA) is 428 Å². The number of nitrogens with two attached hydrogens (primary N) is 1. The molecule has 0 aliphatic carbocycles. The number of piperidine rings is 2. The van der Waals surface area contributed by atoms with E-state index in [0.717, 1.165) is 185 Å². The van der Waals surface area contributed by atoms with Crippen LogP contribution in [0.15, 0.2) is 22.8 Å². The van der Waals surface area contributed by atoms with E-state index < -0.39 is 5.97 Å². The van der Waals surface area contributed by atoms with Crippen molar-refractivity contribution in [1.29, 1.82) is 59.5 Å². The fraction of sp³-hybridized carbons (Fsp3) is 0.800. The Hall–Kier alpha value is -8.25. The van der Waals surface area contributed by atoms with Crippen molar-refractivity contribution >= 4 is 76.1 Å². The summed E-state index contributed by atoms with van der Waals surface area (Å²) in [5.74, 6) is 13.5. The second kappa shape index (κ2) is 72.5. The normalized spacial score (nSPS) is 14.5. The van der Waals surface area contributed by atoms with Crippen molar-refractivity contribution in [2.24, 2.45) is 82.7 Å². The lowest BCUT2D eigenvalue weighted by molar-refractivity contribution is -0.143. The molecule has 6 heterocycles. The third-order valence-corrected chi connectivity index (χ3v) is 21.4. The summed E-state index contributed by atoms with van der Waals surface area (Å²) in [6, 6.07) is 3.78. The third-order valence-electron chi connectivity index (χ3n) is 21.4. The predicted molar refractivity (Wildman–Crippen MR) is 538 cm³/mol. The number of primary amides is 1. The van der Waals surface area contributed by atoms with Crippen LogP contribution < -0.4 is 11.1 Å². The first-order valence-electron chi connectivity index (χ1n) is 46.5. The number of furan rings is 1. The summed E-state index contributed by atoms with van der Waals surface area (Å²) in [6.07, 6.45) is 10.8. The molecule has 32 nitrogen and oxygen atoms in total. The highest BCUT2D eigenvalue weighted by molar-refractivity contribution is 5.86. The Labute approximate surface area is 774 Å². The van der Waals surface area contributed by atoms with Crippen LogP contribution in [0.25, 0.3) is 0 Å². The van der Waals surface area contributed by atoms with Crippen LogP contribution in [0.4, 0.5) is 0 Å². The van der Waals surface area contributed by atoms with Gasteiger partial charge in [0.25, 0.3) is 0 Å². The summed E-state index contributed by atoms with van der Waals surface area (Å²) in [6.45, 7) is 70.1. The highest BCUT2D eigenvalue weighted by atomic mass is 16.5. The van der Waals surface area contributed by atoms with Crippen LogP contribution in [0, 0.1) is 149 Å². The molecule has 1 aromatic rings. The van der Waals surface area contributed by atoms with E-state index in [1.54, 1.807) is 18.3 Å². The summed E-state index contributed by atoms with van der Waals surface area (Å²) in [5, 5.41) is 96.5. The Morgan fingerprint density at radius 3 is 1.08 bits per heavy atom. The molecule has 0 unspecified atom stereocenters. The van der Waals surface area contributed by atoms with Crippen LogP contribution in [0.1, 0.15) is 204 Å². The Morgan fingerprint density at radius 1 is 0.457 bits per heavy atom. The number of methoxy groups -OCH3 is 1. The number of likely N-dealkylation sites (N-methyl/N-ethyl adjacent to an activating group) is 4. The fourth-order valence-electron chi connectivity index (χ4n) is 12.4. The van der Waals surface area contributed by atoms with Crippen LogP contribution in [0.5, 0.6) is 0 Å². The molecular weight excluding hydrogens is 1600 g/mol. The van der Waals surface area contributed by atoms with Gasteiger partial charge in [-0.05, 0) is 72.3 Å². The number of rotatable bonds is 25. The van der Waals surface area contributed by atoms with Crippen molar-refractivity contribution in [2.75, 3.05) is 221 Å². The van der Waals surface area contributed by atoms with Crippen molar-refractivity contribution in [3.63, 3.8) is 0 Å². The standard InChI is InChI=1S/C10H19N3O.C10H18N2O2.C10H16N2O.C9H19N3.C9H21N3.C8H17N3.C8H16N2O.C8H18N2O.C8H18N2.C8H14N2.C7H16N2/c1-7(2)9(11)13-5-3-8(4-6-13)10(12)14;1-7(2)9(11)12-5-3-8(4-6-12)10(13)14;1-8(2)10(11)12(3)7-9-5-4-6-13-9;1-8(2)9(10)12-6-4-11(3)5-7-12;1-8(2)9(10)12(5)7-6-11(3)4;1-7(2)8(9)11-5-3-10-4-6-11;1-7(2)8(9)10-3-5-11-6-4-10;1-7(2)8(9)10(3)5-6-11-4;2*1-5-6-10(4)8(9)7(2)3;1-5-9(4)7(8)6(2)3/h7-8,11H,3-6H2,1-2H3,(H2,12,14);7-8,11H,3-6H2,1-2H3,(H,13,14);4-6,8,11H,7H2,1-3H3;8,10H,4-7H2,1-3H3;8,10H,6-7H2,1-5H3;7,9-10H,3-6H2,1-2H3;7,9H,3-6H2,1-2H3;7,9H,5-6H2,1-4H3;7,9H,5-6H2,1-4H3;1,7,9H,6H2,2-4H3;6,8H,5H2,1-4H3. The first-order valence-corrected chi connectivity index (χ1v) is 46.5. The molecule has 1 aromatic heterocycles. The fourth-order valence-corrected chi connectivity index (χ4v) is 12.4. The van der Waals surface area contributed by atoms with Gasteiger partial charge in [-0.25, -0.2) is 0 Å². The van der Waals surface area contributed by atoms with E-state index in [0.29, 0.717) is 116 Å². The number of morpholine rings is 1. The number of hydrogen-bond donors (Lipinski definition) is 14. The summed E-state index contributed by atoms with van der Waals surface area (Å²) >= 11 is 0. The molecule has 738 valence electrons. The number of carboxylic acids is 1. The highest BCUT2D eigenvalue weighted by Gasteiger charge is 2.28. The van der Waals surface area contributed by atoms with E-state index in [1.807, 2.05) is 186 Å². The van der Waals surface area contributed by atoms with E-state index in [1.165, 1.54) is 0 Å². The Kier molecular flexibility index (Phi) is 72.7. The molecule has 0 bridgehead atoms. The maximum atomic E-state index is 10.9. The second-order valence-corrected chi connectivity index (χ2v) is 36.9. The lowest BCUT2D eigenvalue weighted by Gasteiger charge is -2.35. The average molecular weight is 1790 g/mol. The van der Waals surface area contributed by atoms with E-state index in [2.05, 4.69) is 126 Å². The first kappa shape index (κ1) is 127. The van der Waals surface area contributed by atoms with Gasteiger partial charge in [0.2, 0.25) is 5.91 Å². The van der Waals surface area contributed by atoms with Gasteiger partial charge in [0.1, 0.15) is 5.76 Å². The summed E-state index contributed by atoms with van der Waals surface area (Å²) in [7, 11) is 19.5. The molecule has 0 aromatic carbocycles. The molecule has 5 aliphatic rings. The van der Waals surface area contributed by atoms with Crippen LogP contribution in [0.3, 0.4) is 0 Å². The zero-order valence-electron chi connectivity index (χ0n) is 86.7. The molecular formula is C95H192N26O6. The number of ether oxygens (including phenoxy) is 2.